The first-order valence-corrected chi connectivity index (χ1v) is 6.31. The number of nitrogens with zero attached hydrogens (tertiary/aromatic N) is 1. The van der Waals surface area contributed by atoms with Gasteiger partial charge in [-0.15, -0.1) is 0 Å². The molecule has 0 bridgehead atoms. The van der Waals surface area contributed by atoms with E-state index in [1.807, 2.05) is 0 Å². The number of rotatable bonds is 4. The second kappa shape index (κ2) is 6.42. The molecule has 7 heteroatoms. The molecule has 1 heterocycles. The van der Waals surface area contributed by atoms with E-state index >= 15 is 0 Å². The lowest BCUT2D eigenvalue weighted by Gasteiger charge is -2.07. The number of halogens is 3. The van der Waals surface area contributed by atoms with Crippen molar-refractivity contribution in [2.24, 2.45) is 0 Å². The van der Waals surface area contributed by atoms with Crippen molar-refractivity contribution in [3.05, 3.63) is 52.8 Å². The molecule has 0 aliphatic carbocycles. The first kappa shape index (κ1) is 14.4. The minimum absolute atomic E-state index is 0.00172. The van der Waals surface area contributed by atoms with Crippen LogP contribution in [0.15, 0.2) is 47.2 Å². The van der Waals surface area contributed by atoms with E-state index in [9.17, 15) is 13.6 Å². The van der Waals surface area contributed by atoms with Crippen molar-refractivity contribution in [2.45, 2.75) is 6.61 Å². The molecule has 0 aliphatic rings. The molecule has 0 saturated carbocycles. The van der Waals surface area contributed by atoms with E-state index in [0.717, 1.165) is 0 Å². The average Bonchev–Trinajstić information content (AvgIpc) is 2.41. The van der Waals surface area contributed by atoms with Crippen LogP contribution in [0.2, 0.25) is 0 Å². The molecule has 2 rings (SSSR count). The number of hydrogen-bond donors (Lipinski definition) is 1. The van der Waals surface area contributed by atoms with Crippen LogP contribution in [0.25, 0.3) is 0 Å². The molecule has 0 unspecified atom stereocenters. The zero-order chi connectivity index (χ0) is 14.5. The monoisotopic (exact) mass is 342 g/mol. The molecule has 104 valence electrons. The van der Waals surface area contributed by atoms with Gasteiger partial charge in [0.1, 0.15) is 10.4 Å². The summed E-state index contributed by atoms with van der Waals surface area (Å²) >= 11 is 3.19. The maximum atomic E-state index is 12.0. The second-order valence-electron chi connectivity index (χ2n) is 3.73. The fraction of sp³-hybridized carbons (Fsp3) is 0.0769. The van der Waals surface area contributed by atoms with E-state index < -0.39 is 6.61 Å². The van der Waals surface area contributed by atoms with Crippen molar-refractivity contribution in [1.82, 2.24) is 4.98 Å². The molecule has 1 amide bonds. The zero-order valence-electron chi connectivity index (χ0n) is 10.0. The summed E-state index contributed by atoms with van der Waals surface area (Å²) in [4.78, 5) is 15.9. The number of nitrogens with one attached hydrogen (secondary N) is 1. The number of anilines is 1. The van der Waals surface area contributed by atoms with Gasteiger partial charge in [0.15, 0.2) is 0 Å². The SMILES string of the molecule is O=C(Nc1ccc(Br)nc1)c1ccc(OC(F)F)cc1. The molecule has 4 nitrogen and oxygen atoms in total. The van der Waals surface area contributed by atoms with Gasteiger partial charge in [-0.1, -0.05) is 0 Å². The minimum Gasteiger partial charge on any atom is -0.435 e. The molecule has 0 fully saturated rings. The highest BCUT2D eigenvalue weighted by Gasteiger charge is 2.08. The van der Waals surface area contributed by atoms with Gasteiger partial charge in [0, 0.05) is 5.56 Å². The summed E-state index contributed by atoms with van der Waals surface area (Å²) in [6.45, 7) is -2.89. The van der Waals surface area contributed by atoms with Crippen molar-refractivity contribution in [1.29, 1.82) is 0 Å². The number of carbonyl (C=O) groups excluding carboxylic acids is 1. The van der Waals surface area contributed by atoms with Crippen LogP contribution in [0.5, 0.6) is 5.75 Å². The molecule has 20 heavy (non-hydrogen) atoms. The van der Waals surface area contributed by atoms with Crippen LogP contribution in [0, 0.1) is 0 Å². The summed E-state index contributed by atoms with van der Waals surface area (Å²) in [7, 11) is 0. The molecule has 0 atom stereocenters. The average molecular weight is 343 g/mol. The van der Waals surface area contributed by atoms with Gasteiger partial charge in [-0.2, -0.15) is 8.78 Å². The Labute approximate surface area is 121 Å². The zero-order valence-corrected chi connectivity index (χ0v) is 11.6. The van der Waals surface area contributed by atoms with Gasteiger partial charge < -0.3 is 10.1 Å². The van der Waals surface area contributed by atoms with Crippen molar-refractivity contribution in [3.63, 3.8) is 0 Å². The molecule has 1 N–H and O–H groups in total. The van der Waals surface area contributed by atoms with Crippen LogP contribution < -0.4 is 10.1 Å². The third-order valence-corrected chi connectivity index (χ3v) is 2.80. The number of aromatic nitrogens is 1. The Bertz CT molecular complexity index is 588. The predicted molar refractivity (Wildman–Crippen MR) is 73.0 cm³/mol. The number of amides is 1. The van der Waals surface area contributed by atoms with Crippen LogP contribution in [0.4, 0.5) is 14.5 Å². The molecule has 0 radical (unpaired) electrons. The van der Waals surface area contributed by atoms with Crippen LogP contribution in [0.1, 0.15) is 10.4 Å². The van der Waals surface area contributed by atoms with Crippen molar-refractivity contribution in [3.8, 4) is 5.75 Å². The third kappa shape index (κ3) is 3.99. The Morgan fingerprint density at radius 2 is 1.90 bits per heavy atom. The molecule has 2 aromatic rings. The lowest BCUT2D eigenvalue weighted by atomic mass is 10.2. The van der Waals surface area contributed by atoms with E-state index in [-0.39, 0.29) is 11.7 Å². The van der Waals surface area contributed by atoms with Crippen molar-refractivity contribution >= 4 is 27.5 Å². The standard InChI is InChI=1S/C13H9BrF2N2O2/c14-11-6-3-9(7-17-11)18-12(19)8-1-4-10(5-2-8)20-13(15)16/h1-7,13H,(H,18,19). The number of pyridine rings is 1. The van der Waals surface area contributed by atoms with Gasteiger partial charge >= 0.3 is 6.61 Å². The van der Waals surface area contributed by atoms with Crippen LogP contribution in [-0.4, -0.2) is 17.5 Å². The molecular weight excluding hydrogens is 334 g/mol. The third-order valence-electron chi connectivity index (χ3n) is 2.33. The summed E-state index contributed by atoms with van der Waals surface area (Å²) in [5.74, 6) is -0.362. The molecule has 1 aromatic carbocycles. The smallest absolute Gasteiger partial charge is 0.387 e. The normalized spacial score (nSPS) is 10.4. The maximum Gasteiger partial charge on any atom is 0.387 e. The number of benzene rings is 1. The largest absolute Gasteiger partial charge is 0.435 e. The number of ether oxygens (including phenoxy) is 1. The van der Waals surface area contributed by atoms with Crippen molar-refractivity contribution in [2.75, 3.05) is 5.32 Å². The number of hydrogen-bond acceptors (Lipinski definition) is 3. The summed E-state index contributed by atoms with van der Waals surface area (Å²) in [5.41, 5.74) is 0.862. The van der Waals surface area contributed by atoms with Crippen LogP contribution >= 0.6 is 15.9 Å². The predicted octanol–water partition coefficient (Wildman–Crippen LogP) is 3.70. The molecule has 0 aliphatic heterocycles. The first-order valence-electron chi connectivity index (χ1n) is 5.52. The summed E-state index contributed by atoms with van der Waals surface area (Å²) in [5, 5.41) is 2.63. The Hall–Kier alpha value is -2.02. The summed E-state index contributed by atoms with van der Waals surface area (Å²) in [6.07, 6.45) is 1.50. The first-order chi connectivity index (χ1) is 9.54. The van der Waals surface area contributed by atoms with Gasteiger partial charge in [-0.3, -0.25) is 4.79 Å². The lowest BCUT2D eigenvalue weighted by Crippen LogP contribution is -2.12. The topological polar surface area (TPSA) is 51.2 Å². The van der Waals surface area contributed by atoms with E-state index in [0.29, 0.717) is 15.9 Å². The number of carbonyl (C=O) groups is 1. The fourth-order valence-corrected chi connectivity index (χ4v) is 1.68. The Kier molecular flexibility index (Phi) is 4.62. The summed E-state index contributed by atoms with van der Waals surface area (Å²) in [6, 6.07) is 8.79. The maximum absolute atomic E-state index is 12.0. The Morgan fingerprint density at radius 1 is 1.20 bits per heavy atom. The number of alkyl halides is 2. The Balaban J connectivity index is 2.03. The highest BCUT2D eigenvalue weighted by atomic mass is 79.9. The summed E-state index contributed by atoms with van der Waals surface area (Å²) < 4.78 is 28.8. The highest BCUT2D eigenvalue weighted by Crippen LogP contribution is 2.16. The molecular formula is C13H9BrF2N2O2. The van der Waals surface area contributed by atoms with E-state index in [2.05, 4.69) is 31.0 Å². The van der Waals surface area contributed by atoms with Crippen LogP contribution in [-0.2, 0) is 0 Å². The van der Waals surface area contributed by atoms with Crippen LogP contribution in [0.3, 0.4) is 0 Å². The van der Waals surface area contributed by atoms with Gasteiger partial charge in [0.2, 0.25) is 0 Å². The van der Waals surface area contributed by atoms with Gasteiger partial charge in [0.25, 0.3) is 5.91 Å². The second-order valence-corrected chi connectivity index (χ2v) is 4.54. The fourth-order valence-electron chi connectivity index (χ4n) is 1.44. The minimum atomic E-state index is -2.89. The highest BCUT2D eigenvalue weighted by molar-refractivity contribution is 9.10. The van der Waals surface area contributed by atoms with E-state index in [1.54, 1.807) is 12.1 Å². The van der Waals surface area contributed by atoms with E-state index in [4.69, 9.17) is 0 Å². The lowest BCUT2D eigenvalue weighted by molar-refractivity contribution is -0.0498. The Morgan fingerprint density at radius 3 is 2.45 bits per heavy atom. The van der Waals surface area contributed by atoms with Gasteiger partial charge in [-0.05, 0) is 52.3 Å². The molecule has 0 spiro atoms. The molecule has 0 saturated heterocycles. The van der Waals surface area contributed by atoms with E-state index in [1.165, 1.54) is 30.5 Å². The molecule has 1 aromatic heterocycles. The van der Waals surface area contributed by atoms with Gasteiger partial charge in [0.05, 0.1) is 11.9 Å². The quantitative estimate of drug-likeness (QED) is 0.862. The van der Waals surface area contributed by atoms with Crippen molar-refractivity contribution < 1.29 is 18.3 Å². The van der Waals surface area contributed by atoms with Gasteiger partial charge in [-0.25, -0.2) is 4.98 Å².